The van der Waals surface area contributed by atoms with Gasteiger partial charge >= 0.3 is 30.1 Å². The van der Waals surface area contributed by atoms with E-state index in [-0.39, 0.29) is 31.4 Å². The minimum atomic E-state index is -4.92. The molecule has 0 rings (SSSR count). The van der Waals surface area contributed by atoms with Crippen LogP contribution in [0.4, 0.5) is 13.2 Å². The van der Waals surface area contributed by atoms with Crippen molar-refractivity contribution in [2.24, 2.45) is 0 Å². The van der Waals surface area contributed by atoms with E-state index in [0.717, 1.165) is 6.92 Å². The van der Waals surface area contributed by atoms with E-state index in [1.807, 2.05) is 13.8 Å². The van der Waals surface area contributed by atoms with Crippen molar-refractivity contribution >= 4 is 29.7 Å². The van der Waals surface area contributed by atoms with Crippen molar-refractivity contribution in [2.75, 3.05) is 0 Å². The molecule has 0 fully saturated rings. The van der Waals surface area contributed by atoms with Gasteiger partial charge in [-0.25, -0.2) is 0 Å². The first-order valence-corrected chi connectivity index (χ1v) is 6.83. The Balaban J connectivity index is -0.0000000759. The van der Waals surface area contributed by atoms with Crippen LogP contribution in [0.1, 0.15) is 62.7 Å². The fourth-order valence-electron chi connectivity index (χ4n) is 0.266. The molecule has 0 aliphatic carbocycles. The molecule has 0 N–H and O–H groups in total. The van der Waals surface area contributed by atoms with Crippen LogP contribution in [-0.4, -0.2) is 47.1 Å². The van der Waals surface area contributed by atoms with E-state index in [4.69, 9.17) is 0 Å². The van der Waals surface area contributed by atoms with Gasteiger partial charge in [-0.2, -0.15) is 13.2 Å². The molecule has 0 heterocycles. The zero-order valence-electron chi connectivity index (χ0n) is 14.8. The average Bonchev–Trinajstić information content (AvgIpc) is 2.26. The molecule has 0 spiro atoms. The Bertz CT molecular complexity index is 328. The number of allylic oxidation sites excluding steroid dienone is 2. The molecule has 0 saturated heterocycles. The fraction of sp³-hybridized carbons (Fsp3) is 0.800. The molecule has 3 radical (unpaired) electrons. The van der Waals surface area contributed by atoms with Crippen LogP contribution >= 0.6 is 0 Å². The summed E-state index contributed by atoms with van der Waals surface area (Å²) >= 11 is 0. The van der Waals surface area contributed by atoms with Crippen LogP contribution in [0.2, 0.25) is 0 Å². The predicted molar refractivity (Wildman–Crippen MR) is 82.1 cm³/mol. The van der Waals surface area contributed by atoms with Crippen LogP contribution in [0.3, 0.4) is 0 Å². The maximum atomic E-state index is 11.3. The van der Waals surface area contributed by atoms with Crippen LogP contribution in [0.5, 0.6) is 0 Å². The summed E-state index contributed by atoms with van der Waals surface area (Å²) in [6.07, 6.45) is -3.48. The smallest absolute Gasteiger partial charge is 0.850 e. The molecule has 0 aliphatic rings. The second-order valence-electron chi connectivity index (χ2n) is 5.84. The van der Waals surface area contributed by atoms with Gasteiger partial charge in [-0.1, -0.05) is 54.4 Å². The Kier molecular flexibility index (Phi) is 17.4. The van der Waals surface area contributed by atoms with Crippen molar-refractivity contribution in [1.29, 1.82) is 0 Å². The van der Waals surface area contributed by atoms with Crippen LogP contribution in [0.25, 0.3) is 0 Å². The van der Waals surface area contributed by atoms with Crippen molar-refractivity contribution < 1.29 is 34.7 Å². The molecule has 137 valence electrons. The van der Waals surface area contributed by atoms with Crippen molar-refractivity contribution in [3.05, 3.63) is 11.8 Å². The van der Waals surface area contributed by atoms with Crippen LogP contribution < -0.4 is 10.2 Å². The molecular weight excluding hydrogens is 420 g/mol. The van der Waals surface area contributed by atoms with E-state index in [1.165, 1.54) is 0 Å². The summed E-state index contributed by atoms with van der Waals surface area (Å²) in [6.45, 7) is 11.4. The second kappa shape index (κ2) is 13.1. The number of ketones is 1. The van der Waals surface area contributed by atoms with Gasteiger partial charge in [0, 0.05) is 7.50 Å². The van der Waals surface area contributed by atoms with Crippen molar-refractivity contribution in [2.45, 2.75) is 78.7 Å². The van der Waals surface area contributed by atoms with E-state index in [1.54, 1.807) is 27.7 Å². The Hall–Kier alpha value is -0.281. The van der Waals surface area contributed by atoms with Gasteiger partial charge in [-0.05, 0) is 6.92 Å². The van der Waals surface area contributed by atoms with Crippen molar-refractivity contribution in [1.82, 2.24) is 0 Å². The molecule has 0 amide bonds. The number of halogens is 3. The topological polar surface area (TPSA) is 83.1 Å². The number of carbonyl (C=O) groups excluding carboxylic acids is 1. The second-order valence-corrected chi connectivity index (χ2v) is 5.84. The zero-order chi connectivity index (χ0) is 18.8. The van der Waals surface area contributed by atoms with E-state index < -0.39 is 28.9 Å². The Labute approximate surface area is 155 Å². The zero-order valence-corrected chi connectivity index (χ0v) is 17.6. The summed E-state index contributed by atoms with van der Waals surface area (Å²) in [7, 11) is 0. The van der Waals surface area contributed by atoms with Gasteiger partial charge in [0.05, 0.1) is 0 Å². The summed E-state index contributed by atoms with van der Waals surface area (Å²) in [5, 5.41) is 30.9. The first kappa shape index (κ1) is 30.6. The summed E-state index contributed by atoms with van der Waals surface area (Å²) in [4.78, 5) is 9.87. The predicted octanol–water partition coefficient (Wildman–Crippen LogP) is 2.39. The third-order valence-electron chi connectivity index (χ3n) is 2.32. The molecule has 0 aromatic heterocycles. The Morgan fingerprint density at radius 3 is 1.26 bits per heavy atom. The van der Waals surface area contributed by atoms with Gasteiger partial charge in [0.1, 0.15) is 0 Å². The van der Waals surface area contributed by atoms with Gasteiger partial charge in [0.25, 0.3) is 5.78 Å². The first-order chi connectivity index (χ1) is 9.46. The van der Waals surface area contributed by atoms with E-state index in [9.17, 15) is 33.3 Å². The molecular formula is C15H28F3O4Sn. The average molecular weight is 448 g/mol. The first-order valence-electron chi connectivity index (χ1n) is 6.83. The molecule has 0 saturated carbocycles. The number of alkyl halides is 3. The SMILES string of the molecule is CC([O])=CC(=O)C(F)(F)F.CCC(C)(C)[O-].CCC(C)(C)[O-].[HH].[Sn+2]. The molecule has 0 atom stereocenters. The number of hydrogen-bond acceptors (Lipinski definition) is 3. The maximum absolute atomic E-state index is 11.3. The normalized spacial score (nSPS) is 12.1. The minimum Gasteiger partial charge on any atom is -0.850 e. The summed E-state index contributed by atoms with van der Waals surface area (Å²) in [6, 6.07) is 0. The van der Waals surface area contributed by atoms with Gasteiger partial charge in [-0.3, -0.25) is 9.90 Å². The molecule has 0 aromatic carbocycles. The summed E-state index contributed by atoms with van der Waals surface area (Å²) < 4.78 is 33.8. The standard InChI is InChI=1S/C5H4F3O2.2C5H11O.Sn.H2/c1-3(9)2-4(10)5(6,7)8;2*1-4-5(2,3)6;;/h2H,1H3;2*4H2,1-3H3;;1H/q;2*-1;+2;. The van der Waals surface area contributed by atoms with Crippen LogP contribution in [0.15, 0.2) is 11.8 Å². The largest absolute Gasteiger partial charge is 2.00 e. The van der Waals surface area contributed by atoms with Crippen molar-refractivity contribution in [3.8, 4) is 0 Å². The molecule has 23 heavy (non-hydrogen) atoms. The molecule has 0 bridgehead atoms. The number of carbonyl (C=O) groups is 1. The molecule has 8 heteroatoms. The minimum absolute atomic E-state index is 0. The third-order valence-corrected chi connectivity index (χ3v) is 2.32. The molecule has 0 aromatic rings. The molecule has 0 aliphatic heterocycles. The van der Waals surface area contributed by atoms with Crippen molar-refractivity contribution in [3.63, 3.8) is 0 Å². The number of rotatable bonds is 3. The quantitative estimate of drug-likeness (QED) is 0.378. The monoisotopic (exact) mass is 449 g/mol. The third kappa shape index (κ3) is 34.2. The van der Waals surface area contributed by atoms with Gasteiger partial charge in [0.15, 0.2) is 5.76 Å². The fourth-order valence-corrected chi connectivity index (χ4v) is 0.266. The van der Waals surface area contributed by atoms with Gasteiger partial charge < -0.3 is 10.2 Å². The summed E-state index contributed by atoms with van der Waals surface area (Å²) in [5.74, 6) is -3.01. The summed E-state index contributed by atoms with van der Waals surface area (Å²) in [5.41, 5.74) is -1.42. The van der Waals surface area contributed by atoms with E-state index in [0.29, 0.717) is 12.8 Å². The molecule has 0 unspecified atom stereocenters. The Morgan fingerprint density at radius 2 is 1.22 bits per heavy atom. The van der Waals surface area contributed by atoms with Gasteiger partial charge in [-0.15, -0.1) is 11.2 Å². The maximum Gasteiger partial charge on any atom is 2.00 e. The van der Waals surface area contributed by atoms with Gasteiger partial charge in [0.2, 0.25) is 0 Å². The van der Waals surface area contributed by atoms with Crippen LogP contribution in [-0.2, 0) is 9.90 Å². The molecule has 4 nitrogen and oxygen atoms in total. The van der Waals surface area contributed by atoms with E-state index in [2.05, 4.69) is 0 Å². The Morgan fingerprint density at radius 1 is 1.00 bits per heavy atom. The van der Waals surface area contributed by atoms with Crippen LogP contribution in [0, 0.1) is 0 Å². The number of hydrogen-bond donors (Lipinski definition) is 0. The van der Waals surface area contributed by atoms with E-state index >= 15 is 0 Å².